The second-order valence-corrected chi connectivity index (χ2v) is 3.63. The Morgan fingerprint density at radius 3 is 2.93 bits per heavy atom. The van der Waals surface area contributed by atoms with Gasteiger partial charge in [0, 0.05) is 24.7 Å². The number of anilines is 1. The first-order chi connectivity index (χ1) is 7.15. The first kappa shape index (κ1) is 9.83. The van der Waals surface area contributed by atoms with E-state index < -0.39 is 0 Å². The number of phenols is 1. The summed E-state index contributed by atoms with van der Waals surface area (Å²) in [4.78, 5) is 13.3. The summed E-state index contributed by atoms with van der Waals surface area (Å²) in [7, 11) is 3.20. The molecule has 4 heteroatoms. The van der Waals surface area contributed by atoms with Crippen LogP contribution >= 0.6 is 0 Å². The minimum absolute atomic E-state index is 0.241. The molecule has 1 N–H and O–H groups in total. The summed E-state index contributed by atoms with van der Waals surface area (Å²) in [5.74, 6) is -0.0288. The van der Waals surface area contributed by atoms with Crippen molar-refractivity contribution in [3.63, 3.8) is 0 Å². The number of rotatable bonds is 1. The Balaban J connectivity index is 2.37. The molecular weight excluding hydrogens is 194 g/mol. The Morgan fingerprint density at radius 2 is 2.33 bits per heavy atom. The number of phenolic OH excluding ortho intramolecular Hbond substituents is 1. The summed E-state index contributed by atoms with van der Waals surface area (Å²) in [6, 6.07) is 4.97. The molecule has 0 radical (unpaired) electrons. The molecule has 80 valence electrons. The van der Waals surface area contributed by atoms with E-state index in [0.717, 1.165) is 11.3 Å². The quantitative estimate of drug-likeness (QED) is 0.696. The van der Waals surface area contributed by atoms with E-state index in [2.05, 4.69) is 0 Å². The van der Waals surface area contributed by atoms with Crippen molar-refractivity contribution < 1.29 is 14.6 Å². The van der Waals surface area contributed by atoms with Gasteiger partial charge >= 0.3 is 5.97 Å². The van der Waals surface area contributed by atoms with Crippen molar-refractivity contribution in [3.05, 3.63) is 23.8 Å². The monoisotopic (exact) mass is 207 g/mol. The molecule has 4 nitrogen and oxygen atoms in total. The number of hydrogen-bond donors (Lipinski definition) is 1. The molecule has 0 saturated carbocycles. The van der Waals surface area contributed by atoms with Gasteiger partial charge in [-0.05, 0) is 12.1 Å². The van der Waals surface area contributed by atoms with Crippen LogP contribution in [-0.4, -0.2) is 31.3 Å². The van der Waals surface area contributed by atoms with Gasteiger partial charge in [0.05, 0.1) is 7.11 Å². The molecule has 2 rings (SSSR count). The minimum atomic E-state index is -0.321. The highest BCUT2D eigenvalue weighted by molar-refractivity contribution is 5.84. The van der Waals surface area contributed by atoms with E-state index in [9.17, 15) is 9.90 Å². The van der Waals surface area contributed by atoms with Crippen molar-refractivity contribution in [3.8, 4) is 5.75 Å². The number of aromatic hydroxyl groups is 1. The van der Waals surface area contributed by atoms with Gasteiger partial charge in [-0.2, -0.15) is 0 Å². The zero-order chi connectivity index (χ0) is 11.0. The number of carbonyl (C=O) groups excluding carboxylic acids is 1. The Kier molecular flexibility index (Phi) is 2.26. The molecule has 1 aliphatic heterocycles. The molecule has 0 aromatic heterocycles. The van der Waals surface area contributed by atoms with Crippen molar-refractivity contribution in [2.75, 3.05) is 19.1 Å². The number of fused-ring (bicyclic) bond motifs is 1. The molecule has 0 spiro atoms. The molecule has 0 saturated heterocycles. The Bertz CT molecular complexity index is 403. The minimum Gasteiger partial charge on any atom is -0.508 e. The summed E-state index contributed by atoms with van der Waals surface area (Å²) in [5.41, 5.74) is 1.71. The Hall–Kier alpha value is -1.71. The fraction of sp³-hybridized carbons (Fsp3) is 0.364. The third-order valence-corrected chi connectivity index (χ3v) is 2.84. The van der Waals surface area contributed by atoms with Gasteiger partial charge in [-0.1, -0.05) is 6.07 Å². The molecule has 1 heterocycles. The van der Waals surface area contributed by atoms with Crippen LogP contribution in [0.2, 0.25) is 0 Å². The van der Waals surface area contributed by atoms with Crippen molar-refractivity contribution >= 4 is 11.7 Å². The molecule has 0 aliphatic carbocycles. The maximum absolute atomic E-state index is 11.5. The summed E-state index contributed by atoms with van der Waals surface area (Å²) in [6.45, 7) is 0. The lowest BCUT2D eigenvalue weighted by atomic mass is 10.1. The second-order valence-electron chi connectivity index (χ2n) is 3.63. The van der Waals surface area contributed by atoms with E-state index in [-0.39, 0.29) is 17.8 Å². The van der Waals surface area contributed by atoms with E-state index >= 15 is 0 Å². The molecule has 0 amide bonds. The van der Waals surface area contributed by atoms with Crippen LogP contribution in [0.4, 0.5) is 5.69 Å². The predicted molar refractivity (Wildman–Crippen MR) is 56.0 cm³/mol. The van der Waals surface area contributed by atoms with Crippen LogP contribution in [0.25, 0.3) is 0 Å². The number of likely N-dealkylation sites (N-methyl/N-ethyl adjacent to an activating group) is 1. The summed E-state index contributed by atoms with van der Waals surface area (Å²) < 4.78 is 4.71. The summed E-state index contributed by atoms with van der Waals surface area (Å²) in [5, 5.41) is 9.64. The number of esters is 1. The molecule has 0 bridgehead atoms. The number of methoxy groups -OCH3 is 1. The average Bonchev–Trinajstić information content (AvgIpc) is 2.57. The summed E-state index contributed by atoms with van der Waals surface area (Å²) >= 11 is 0. The van der Waals surface area contributed by atoms with Gasteiger partial charge in [0.25, 0.3) is 0 Å². The molecule has 1 unspecified atom stereocenters. The molecule has 15 heavy (non-hydrogen) atoms. The van der Waals surface area contributed by atoms with E-state index in [1.807, 2.05) is 18.0 Å². The fourth-order valence-corrected chi connectivity index (χ4v) is 1.98. The lowest BCUT2D eigenvalue weighted by Gasteiger charge is -2.19. The zero-order valence-electron chi connectivity index (χ0n) is 8.73. The fourth-order valence-electron chi connectivity index (χ4n) is 1.98. The SMILES string of the molecule is COC(=O)C1Cc2c(O)cccc2N1C. The second kappa shape index (κ2) is 3.46. The predicted octanol–water partition coefficient (Wildman–Crippen LogP) is 0.926. The Morgan fingerprint density at radius 1 is 1.60 bits per heavy atom. The highest BCUT2D eigenvalue weighted by Crippen LogP contribution is 2.36. The molecule has 1 aliphatic rings. The van der Waals surface area contributed by atoms with Crippen LogP contribution in [0.3, 0.4) is 0 Å². The van der Waals surface area contributed by atoms with Crippen molar-refractivity contribution in [1.29, 1.82) is 0 Å². The third kappa shape index (κ3) is 1.42. The van der Waals surface area contributed by atoms with Crippen molar-refractivity contribution in [2.45, 2.75) is 12.5 Å². The number of hydrogen-bond acceptors (Lipinski definition) is 4. The molecule has 1 atom stereocenters. The van der Waals surface area contributed by atoms with Crippen LogP contribution in [0.1, 0.15) is 5.56 Å². The highest BCUT2D eigenvalue weighted by atomic mass is 16.5. The lowest BCUT2D eigenvalue weighted by Crippen LogP contribution is -2.36. The third-order valence-electron chi connectivity index (χ3n) is 2.84. The van der Waals surface area contributed by atoms with Gasteiger partial charge in [0.15, 0.2) is 0 Å². The molecule has 1 aromatic rings. The molecule has 1 aromatic carbocycles. The first-order valence-electron chi connectivity index (χ1n) is 4.76. The smallest absolute Gasteiger partial charge is 0.328 e. The van der Waals surface area contributed by atoms with Gasteiger partial charge in [0.1, 0.15) is 11.8 Å². The number of ether oxygens (including phenoxy) is 1. The lowest BCUT2D eigenvalue weighted by molar-refractivity contribution is -0.141. The topological polar surface area (TPSA) is 49.8 Å². The number of nitrogens with zero attached hydrogens (tertiary/aromatic N) is 1. The van der Waals surface area contributed by atoms with E-state index in [4.69, 9.17) is 4.74 Å². The number of benzene rings is 1. The maximum atomic E-state index is 11.5. The number of carbonyl (C=O) groups is 1. The first-order valence-corrected chi connectivity index (χ1v) is 4.76. The largest absolute Gasteiger partial charge is 0.508 e. The standard InChI is InChI=1S/C11H13NO3/c1-12-8-4-3-5-10(13)7(8)6-9(12)11(14)15-2/h3-5,9,13H,6H2,1-2H3. The van der Waals surface area contributed by atoms with Gasteiger partial charge in [-0.25, -0.2) is 4.79 Å². The average molecular weight is 207 g/mol. The van der Waals surface area contributed by atoms with E-state index in [1.54, 1.807) is 12.1 Å². The normalized spacial score (nSPS) is 18.8. The van der Waals surface area contributed by atoms with Crippen LogP contribution in [0.5, 0.6) is 5.75 Å². The van der Waals surface area contributed by atoms with E-state index in [0.29, 0.717) is 6.42 Å². The van der Waals surface area contributed by atoms with Gasteiger partial charge in [-0.3, -0.25) is 0 Å². The van der Waals surface area contributed by atoms with Crippen molar-refractivity contribution in [1.82, 2.24) is 0 Å². The molecule has 0 fully saturated rings. The maximum Gasteiger partial charge on any atom is 0.328 e. The Labute approximate surface area is 88.1 Å². The van der Waals surface area contributed by atoms with Gasteiger partial charge < -0.3 is 14.7 Å². The van der Waals surface area contributed by atoms with Gasteiger partial charge in [0.2, 0.25) is 0 Å². The van der Waals surface area contributed by atoms with Crippen molar-refractivity contribution in [2.24, 2.45) is 0 Å². The van der Waals surface area contributed by atoms with Gasteiger partial charge in [-0.15, -0.1) is 0 Å². The van der Waals surface area contributed by atoms with Crippen LogP contribution in [-0.2, 0) is 16.0 Å². The summed E-state index contributed by atoms with van der Waals surface area (Å²) in [6.07, 6.45) is 0.505. The van der Waals surface area contributed by atoms with Crippen LogP contribution in [0, 0.1) is 0 Å². The zero-order valence-corrected chi connectivity index (χ0v) is 8.73. The van der Waals surface area contributed by atoms with Crippen LogP contribution < -0.4 is 4.90 Å². The van der Waals surface area contributed by atoms with Crippen LogP contribution in [0.15, 0.2) is 18.2 Å². The molecular formula is C11H13NO3. The highest BCUT2D eigenvalue weighted by Gasteiger charge is 2.34. The van der Waals surface area contributed by atoms with E-state index in [1.165, 1.54) is 7.11 Å².